The summed E-state index contributed by atoms with van der Waals surface area (Å²) in [7, 11) is 0. The van der Waals surface area contributed by atoms with Crippen molar-refractivity contribution in [2.75, 3.05) is 0 Å². The van der Waals surface area contributed by atoms with Crippen molar-refractivity contribution in [3.63, 3.8) is 0 Å². The Hall–Kier alpha value is -1.22. The number of ether oxygens (including phenoxy) is 2. The quantitative estimate of drug-likeness (QED) is 0.712. The van der Waals surface area contributed by atoms with Crippen LogP contribution in [0.2, 0.25) is 0 Å². The summed E-state index contributed by atoms with van der Waals surface area (Å²) in [5, 5.41) is 9.68. The van der Waals surface area contributed by atoms with Crippen molar-refractivity contribution in [2.45, 2.75) is 40.1 Å². The van der Waals surface area contributed by atoms with Gasteiger partial charge in [-0.2, -0.15) is 0 Å². The Labute approximate surface area is 89.6 Å². The van der Waals surface area contributed by atoms with Gasteiger partial charge in [0.15, 0.2) is 0 Å². The van der Waals surface area contributed by atoms with Crippen LogP contribution in [0, 0.1) is 13.8 Å². The number of phenols is 1. The average Bonchev–Trinajstić information content (AvgIpc) is 2.16. The predicted molar refractivity (Wildman–Crippen MR) is 57.1 cm³/mol. The summed E-state index contributed by atoms with van der Waals surface area (Å²) in [6, 6.07) is 1.72. The van der Waals surface area contributed by atoms with Crippen molar-refractivity contribution in [2.24, 2.45) is 0 Å². The molecule has 0 radical (unpaired) electrons. The molecule has 2 rings (SSSR count). The summed E-state index contributed by atoms with van der Waals surface area (Å²) < 4.78 is 11.3. The molecular weight excluding hydrogens is 192 g/mol. The highest BCUT2D eigenvalue weighted by Gasteiger charge is 2.29. The number of phenolic OH excluding ortho intramolecular Hbond substituents is 1. The van der Waals surface area contributed by atoms with E-state index in [0.717, 1.165) is 22.4 Å². The largest absolute Gasteiger partial charge is 0.508 e. The fraction of sp³-hybridized carbons (Fsp3) is 0.500. The van der Waals surface area contributed by atoms with E-state index >= 15 is 0 Å². The molecule has 0 spiro atoms. The summed E-state index contributed by atoms with van der Waals surface area (Å²) >= 11 is 0. The van der Waals surface area contributed by atoms with Crippen LogP contribution in [0.5, 0.6) is 11.5 Å². The van der Waals surface area contributed by atoms with E-state index < -0.39 is 5.79 Å². The highest BCUT2D eigenvalue weighted by Crippen LogP contribution is 2.38. The molecule has 0 amide bonds. The highest BCUT2D eigenvalue weighted by molar-refractivity contribution is 5.52. The molecule has 0 bridgehead atoms. The smallest absolute Gasteiger partial charge is 0.205 e. The van der Waals surface area contributed by atoms with Crippen molar-refractivity contribution in [3.8, 4) is 11.5 Å². The zero-order valence-electron chi connectivity index (χ0n) is 9.55. The number of rotatable bonds is 0. The van der Waals surface area contributed by atoms with E-state index in [1.165, 1.54) is 0 Å². The molecule has 0 fully saturated rings. The van der Waals surface area contributed by atoms with Gasteiger partial charge in [0, 0.05) is 19.4 Å². The van der Waals surface area contributed by atoms with Crippen molar-refractivity contribution in [3.05, 3.63) is 22.8 Å². The third-order valence-electron chi connectivity index (χ3n) is 2.81. The van der Waals surface area contributed by atoms with Crippen LogP contribution in [0.4, 0.5) is 0 Å². The van der Waals surface area contributed by atoms with Crippen LogP contribution in [0.25, 0.3) is 0 Å². The maximum atomic E-state index is 9.68. The molecule has 0 saturated heterocycles. The minimum absolute atomic E-state index is 0.304. The van der Waals surface area contributed by atoms with E-state index in [4.69, 9.17) is 9.47 Å². The lowest BCUT2D eigenvalue weighted by molar-refractivity contribution is -0.180. The SMILES string of the molecule is Cc1c(O)cc2c(c1C)OC(C)(C)OC2. The number of hydrogen-bond acceptors (Lipinski definition) is 3. The summed E-state index contributed by atoms with van der Waals surface area (Å²) in [5.74, 6) is 0.570. The molecule has 1 N–H and O–H groups in total. The van der Waals surface area contributed by atoms with Crippen molar-refractivity contribution in [1.29, 1.82) is 0 Å². The summed E-state index contributed by atoms with van der Waals surface area (Å²) in [6.07, 6.45) is 0. The van der Waals surface area contributed by atoms with E-state index in [9.17, 15) is 5.11 Å². The Morgan fingerprint density at radius 1 is 1.27 bits per heavy atom. The van der Waals surface area contributed by atoms with Crippen molar-refractivity contribution in [1.82, 2.24) is 0 Å². The van der Waals surface area contributed by atoms with Crippen LogP contribution in [0.1, 0.15) is 30.5 Å². The lowest BCUT2D eigenvalue weighted by Crippen LogP contribution is -2.35. The monoisotopic (exact) mass is 208 g/mol. The molecule has 82 valence electrons. The molecule has 0 unspecified atom stereocenters. The van der Waals surface area contributed by atoms with Gasteiger partial charge in [0.25, 0.3) is 0 Å². The number of aromatic hydroxyl groups is 1. The Balaban J connectivity index is 2.55. The van der Waals surface area contributed by atoms with Gasteiger partial charge in [0.05, 0.1) is 6.61 Å². The molecule has 1 aliphatic rings. The Morgan fingerprint density at radius 3 is 2.60 bits per heavy atom. The molecule has 0 aliphatic carbocycles. The number of fused-ring (bicyclic) bond motifs is 1. The van der Waals surface area contributed by atoms with E-state index in [2.05, 4.69) is 0 Å². The highest BCUT2D eigenvalue weighted by atomic mass is 16.7. The number of benzene rings is 1. The van der Waals surface area contributed by atoms with Crippen LogP contribution in [0.3, 0.4) is 0 Å². The van der Waals surface area contributed by atoms with E-state index in [1.54, 1.807) is 6.07 Å². The maximum absolute atomic E-state index is 9.68. The number of hydrogen-bond donors (Lipinski definition) is 1. The summed E-state index contributed by atoms with van der Waals surface area (Å²) in [4.78, 5) is 0. The van der Waals surface area contributed by atoms with Crippen molar-refractivity contribution < 1.29 is 14.6 Å². The fourth-order valence-electron chi connectivity index (χ4n) is 1.72. The Morgan fingerprint density at radius 2 is 1.93 bits per heavy atom. The molecular formula is C12H16O3. The van der Waals surface area contributed by atoms with Crippen LogP contribution >= 0.6 is 0 Å². The summed E-state index contributed by atoms with van der Waals surface area (Å²) in [6.45, 7) is 8.10. The van der Waals surface area contributed by atoms with Crippen LogP contribution < -0.4 is 4.74 Å². The topological polar surface area (TPSA) is 38.7 Å². The first-order valence-electron chi connectivity index (χ1n) is 5.06. The second-order valence-corrected chi connectivity index (χ2v) is 4.42. The first-order chi connectivity index (χ1) is 6.91. The standard InChI is InChI=1S/C12H16O3/c1-7-8(2)11-9(5-10(7)13)6-14-12(3,4)15-11/h5,13H,6H2,1-4H3. The molecule has 0 atom stereocenters. The van der Waals surface area contributed by atoms with Gasteiger partial charge in [-0.25, -0.2) is 0 Å². The lowest BCUT2D eigenvalue weighted by Gasteiger charge is -2.34. The van der Waals surface area contributed by atoms with Crippen LogP contribution in [-0.4, -0.2) is 10.9 Å². The van der Waals surface area contributed by atoms with Gasteiger partial charge in [-0.3, -0.25) is 0 Å². The van der Waals surface area contributed by atoms with E-state index in [0.29, 0.717) is 12.4 Å². The molecule has 0 saturated carbocycles. The van der Waals surface area contributed by atoms with E-state index in [1.807, 2.05) is 27.7 Å². The van der Waals surface area contributed by atoms with Crippen molar-refractivity contribution >= 4 is 0 Å². The maximum Gasteiger partial charge on any atom is 0.205 e. The lowest BCUT2D eigenvalue weighted by atomic mass is 10.0. The first kappa shape index (κ1) is 10.3. The average molecular weight is 208 g/mol. The van der Waals surface area contributed by atoms with E-state index in [-0.39, 0.29) is 0 Å². The molecule has 1 heterocycles. The van der Waals surface area contributed by atoms with Gasteiger partial charge in [-0.05, 0) is 31.0 Å². The molecule has 1 aromatic rings. The Bertz CT molecular complexity index is 408. The predicted octanol–water partition coefficient (Wildman–Crippen LogP) is 2.65. The Kier molecular flexibility index (Phi) is 2.15. The van der Waals surface area contributed by atoms with Gasteiger partial charge in [0.1, 0.15) is 11.5 Å². The molecule has 3 nitrogen and oxygen atoms in total. The van der Waals surface area contributed by atoms with Gasteiger partial charge in [0.2, 0.25) is 5.79 Å². The normalized spacial score (nSPS) is 18.1. The minimum atomic E-state index is -0.582. The molecule has 1 aliphatic heterocycles. The molecule has 0 aromatic heterocycles. The zero-order chi connectivity index (χ0) is 11.2. The van der Waals surface area contributed by atoms with Crippen LogP contribution in [0.15, 0.2) is 6.07 Å². The zero-order valence-corrected chi connectivity index (χ0v) is 9.55. The molecule has 1 aromatic carbocycles. The third-order valence-corrected chi connectivity index (χ3v) is 2.81. The fourth-order valence-corrected chi connectivity index (χ4v) is 1.72. The molecule has 3 heteroatoms. The second kappa shape index (κ2) is 3.14. The molecule has 15 heavy (non-hydrogen) atoms. The second-order valence-electron chi connectivity index (χ2n) is 4.42. The van der Waals surface area contributed by atoms with Gasteiger partial charge >= 0.3 is 0 Å². The van der Waals surface area contributed by atoms with Gasteiger partial charge in [-0.1, -0.05) is 0 Å². The van der Waals surface area contributed by atoms with Crippen LogP contribution in [-0.2, 0) is 11.3 Å². The third kappa shape index (κ3) is 1.67. The minimum Gasteiger partial charge on any atom is -0.508 e. The first-order valence-corrected chi connectivity index (χ1v) is 5.06. The summed E-state index contributed by atoms with van der Waals surface area (Å²) in [5.41, 5.74) is 2.77. The van der Waals surface area contributed by atoms with Gasteiger partial charge in [-0.15, -0.1) is 0 Å². The van der Waals surface area contributed by atoms with Gasteiger partial charge < -0.3 is 14.6 Å².